The van der Waals surface area contributed by atoms with Gasteiger partial charge < -0.3 is 15.5 Å². The number of nitrogens with zero attached hydrogens (tertiary/aromatic N) is 3. The maximum absolute atomic E-state index is 5.99. The minimum absolute atomic E-state index is 0.535. The number of nitrogens with two attached hydrogens (primary N) is 1. The van der Waals surface area contributed by atoms with Crippen molar-refractivity contribution in [2.45, 2.75) is 32.7 Å². The Kier molecular flexibility index (Phi) is 7.51. The number of thioether (sulfide) groups is 1. The highest BCUT2D eigenvalue weighted by atomic mass is 32.2. The lowest BCUT2D eigenvalue weighted by molar-refractivity contribution is 0.242. The van der Waals surface area contributed by atoms with Crippen LogP contribution in [0.3, 0.4) is 0 Å². The van der Waals surface area contributed by atoms with E-state index < -0.39 is 0 Å². The summed E-state index contributed by atoms with van der Waals surface area (Å²) in [5, 5.41) is 0. The summed E-state index contributed by atoms with van der Waals surface area (Å²) in [6.45, 7) is 9.63. The largest absolute Gasteiger partial charge is 0.370 e. The van der Waals surface area contributed by atoms with Gasteiger partial charge in [0.1, 0.15) is 0 Å². The van der Waals surface area contributed by atoms with Crippen molar-refractivity contribution in [3.05, 3.63) is 0 Å². The first kappa shape index (κ1) is 15.6. The van der Waals surface area contributed by atoms with Gasteiger partial charge in [0.2, 0.25) is 0 Å². The van der Waals surface area contributed by atoms with Gasteiger partial charge in [-0.2, -0.15) is 11.8 Å². The van der Waals surface area contributed by atoms with Crippen LogP contribution in [0.2, 0.25) is 0 Å². The van der Waals surface area contributed by atoms with Crippen LogP contribution in [0.4, 0.5) is 0 Å². The predicted molar refractivity (Wildman–Crippen MR) is 82.4 cm³/mol. The molecule has 5 heteroatoms. The number of rotatable bonds is 9. The molecule has 2 N–H and O–H groups in total. The third kappa shape index (κ3) is 4.69. The zero-order valence-electron chi connectivity index (χ0n) is 12.1. The van der Waals surface area contributed by atoms with Crippen LogP contribution in [-0.4, -0.2) is 66.5 Å². The molecule has 0 bridgehead atoms. The van der Waals surface area contributed by atoms with Crippen molar-refractivity contribution >= 4 is 17.7 Å². The molecule has 0 saturated heterocycles. The number of aliphatic imine (C=N–C) groups is 1. The Labute approximate surface area is 116 Å². The molecule has 1 rings (SSSR count). The maximum atomic E-state index is 5.99. The summed E-state index contributed by atoms with van der Waals surface area (Å²) >= 11 is 1.92. The van der Waals surface area contributed by atoms with E-state index in [1.54, 1.807) is 0 Å². The van der Waals surface area contributed by atoms with Gasteiger partial charge in [0.15, 0.2) is 5.96 Å². The molecule has 0 amide bonds. The lowest BCUT2D eigenvalue weighted by atomic mass is 10.1. The Balaban J connectivity index is 2.36. The van der Waals surface area contributed by atoms with E-state index in [2.05, 4.69) is 34.9 Å². The fourth-order valence-corrected chi connectivity index (χ4v) is 2.83. The smallest absolute Gasteiger partial charge is 0.191 e. The highest BCUT2D eigenvalue weighted by Gasteiger charge is 2.25. The minimum atomic E-state index is 0.535. The van der Waals surface area contributed by atoms with Crippen LogP contribution in [0.5, 0.6) is 0 Å². The van der Waals surface area contributed by atoms with Crippen molar-refractivity contribution in [1.29, 1.82) is 0 Å². The maximum Gasteiger partial charge on any atom is 0.191 e. The summed E-state index contributed by atoms with van der Waals surface area (Å²) in [5.74, 6) is 1.98. The number of hydrogen-bond donors (Lipinski definition) is 1. The highest BCUT2D eigenvalue weighted by molar-refractivity contribution is 7.98. The Bertz CT molecular complexity index is 253. The van der Waals surface area contributed by atoms with Gasteiger partial charge in [-0.1, -0.05) is 13.8 Å². The quantitative estimate of drug-likeness (QED) is 0.646. The second-order valence-electron chi connectivity index (χ2n) is 4.71. The van der Waals surface area contributed by atoms with E-state index in [0.717, 1.165) is 38.7 Å². The van der Waals surface area contributed by atoms with Crippen molar-refractivity contribution in [3.8, 4) is 0 Å². The summed E-state index contributed by atoms with van der Waals surface area (Å²) in [6, 6.07) is 0.535. The lowest BCUT2D eigenvalue weighted by Crippen LogP contribution is -2.45. The monoisotopic (exact) mass is 272 g/mol. The van der Waals surface area contributed by atoms with Crippen LogP contribution in [0.1, 0.15) is 26.7 Å². The molecule has 106 valence electrons. The number of likely N-dealkylation sites (N-methyl/N-ethyl adjacent to an activating group) is 1. The Hall–Kier alpha value is -0.420. The molecule has 0 aromatic heterocycles. The van der Waals surface area contributed by atoms with Crippen molar-refractivity contribution in [1.82, 2.24) is 9.80 Å². The SMILES string of the molecule is CCN(CC)CCN1C(N)=NCC1CCCSC. The number of hydrogen-bond acceptors (Lipinski definition) is 5. The van der Waals surface area contributed by atoms with Crippen LogP contribution >= 0.6 is 11.8 Å². The van der Waals surface area contributed by atoms with E-state index in [1.165, 1.54) is 18.6 Å². The molecule has 0 spiro atoms. The van der Waals surface area contributed by atoms with Gasteiger partial charge in [-0.3, -0.25) is 4.99 Å². The van der Waals surface area contributed by atoms with Crippen molar-refractivity contribution < 1.29 is 0 Å². The fourth-order valence-electron chi connectivity index (χ4n) is 2.37. The normalized spacial score (nSPS) is 19.7. The molecular weight excluding hydrogens is 244 g/mol. The van der Waals surface area contributed by atoms with Crippen LogP contribution in [-0.2, 0) is 0 Å². The molecule has 1 aliphatic heterocycles. The standard InChI is InChI=1S/C13H28N4S/c1-4-16(5-2)8-9-17-12(7-6-10-18-3)11-15-13(17)14/h12H,4-11H2,1-3H3,(H2,14,15). The van der Waals surface area contributed by atoms with Gasteiger partial charge in [-0.05, 0) is 37.9 Å². The molecule has 4 nitrogen and oxygen atoms in total. The molecule has 18 heavy (non-hydrogen) atoms. The molecule has 0 aliphatic carbocycles. The average Bonchev–Trinajstić information content (AvgIpc) is 2.73. The first-order chi connectivity index (χ1) is 8.72. The summed E-state index contributed by atoms with van der Waals surface area (Å²) in [7, 11) is 0. The van der Waals surface area contributed by atoms with E-state index in [0.29, 0.717) is 6.04 Å². The van der Waals surface area contributed by atoms with E-state index in [1.807, 2.05) is 11.8 Å². The van der Waals surface area contributed by atoms with Gasteiger partial charge in [0.25, 0.3) is 0 Å². The first-order valence-electron chi connectivity index (χ1n) is 7.00. The molecule has 0 aromatic rings. The van der Waals surface area contributed by atoms with Crippen molar-refractivity contribution in [3.63, 3.8) is 0 Å². The van der Waals surface area contributed by atoms with Gasteiger partial charge in [-0.15, -0.1) is 0 Å². The van der Waals surface area contributed by atoms with Crippen LogP contribution in [0.15, 0.2) is 4.99 Å². The van der Waals surface area contributed by atoms with Gasteiger partial charge >= 0.3 is 0 Å². The van der Waals surface area contributed by atoms with Crippen LogP contribution in [0, 0.1) is 0 Å². The van der Waals surface area contributed by atoms with Gasteiger partial charge in [0.05, 0.1) is 12.6 Å². The zero-order chi connectivity index (χ0) is 13.4. The van der Waals surface area contributed by atoms with Crippen molar-refractivity contribution in [2.24, 2.45) is 10.7 Å². The second-order valence-corrected chi connectivity index (χ2v) is 5.69. The van der Waals surface area contributed by atoms with E-state index in [4.69, 9.17) is 5.73 Å². The summed E-state index contributed by atoms with van der Waals surface area (Å²) in [4.78, 5) is 9.14. The third-order valence-corrected chi connectivity index (χ3v) is 4.33. The Morgan fingerprint density at radius 2 is 2.17 bits per heavy atom. The molecular formula is C13H28N4S. The van der Waals surface area contributed by atoms with Crippen LogP contribution in [0.25, 0.3) is 0 Å². The molecule has 1 aliphatic rings. The second kappa shape index (κ2) is 8.64. The summed E-state index contributed by atoms with van der Waals surface area (Å²) < 4.78 is 0. The van der Waals surface area contributed by atoms with Gasteiger partial charge in [0, 0.05) is 13.1 Å². The molecule has 0 saturated carbocycles. The molecule has 0 aromatic carbocycles. The summed E-state index contributed by atoms with van der Waals surface area (Å²) in [5.41, 5.74) is 5.99. The zero-order valence-corrected chi connectivity index (χ0v) is 12.9. The third-order valence-electron chi connectivity index (χ3n) is 3.64. The molecule has 0 radical (unpaired) electrons. The van der Waals surface area contributed by atoms with Gasteiger partial charge in [-0.25, -0.2) is 0 Å². The Morgan fingerprint density at radius 3 is 2.78 bits per heavy atom. The van der Waals surface area contributed by atoms with Crippen molar-refractivity contribution in [2.75, 3.05) is 44.7 Å². The average molecular weight is 272 g/mol. The van der Waals surface area contributed by atoms with E-state index in [-0.39, 0.29) is 0 Å². The molecule has 1 heterocycles. The summed E-state index contributed by atoms with van der Waals surface area (Å²) in [6.07, 6.45) is 4.64. The first-order valence-corrected chi connectivity index (χ1v) is 8.40. The highest BCUT2D eigenvalue weighted by Crippen LogP contribution is 2.15. The molecule has 1 unspecified atom stereocenters. The fraction of sp³-hybridized carbons (Fsp3) is 0.923. The predicted octanol–water partition coefficient (Wildman–Crippen LogP) is 1.47. The molecule has 0 fully saturated rings. The Morgan fingerprint density at radius 1 is 1.44 bits per heavy atom. The van der Waals surface area contributed by atoms with Crippen LogP contribution < -0.4 is 5.73 Å². The van der Waals surface area contributed by atoms with E-state index >= 15 is 0 Å². The van der Waals surface area contributed by atoms with E-state index in [9.17, 15) is 0 Å². The molecule has 1 atom stereocenters. The lowest BCUT2D eigenvalue weighted by Gasteiger charge is -2.29. The minimum Gasteiger partial charge on any atom is -0.370 e. The topological polar surface area (TPSA) is 44.9 Å². The number of guanidine groups is 1.